The van der Waals surface area contributed by atoms with Gasteiger partial charge < -0.3 is 14.2 Å². The van der Waals surface area contributed by atoms with Crippen LogP contribution >= 0.6 is 0 Å². The van der Waals surface area contributed by atoms with E-state index < -0.39 is 80.0 Å². The van der Waals surface area contributed by atoms with E-state index in [1.807, 2.05) is 0 Å². The van der Waals surface area contributed by atoms with Crippen LogP contribution < -0.4 is 0 Å². The molecule has 0 aliphatic carbocycles. The van der Waals surface area contributed by atoms with E-state index >= 15 is 0 Å². The first-order chi connectivity index (χ1) is 12.5. The molecular formula is C13H14F11NO3. The SMILES string of the molecule is FC(F)(F)C1CN(C(C(F)(F)F)C(F)(F)C2COCCO2)CC(C(F)(F)F)O1. The summed E-state index contributed by atoms with van der Waals surface area (Å²) < 4.78 is 159. The van der Waals surface area contributed by atoms with E-state index in [4.69, 9.17) is 0 Å². The zero-order chi connectivity index (χ0) is 21.5. The summed E-state index contributed by atoms with van der Waals surface area (Å²) in [5.41, 5.74) is 0. The number of rotatable bonds is 3. The van der Waals surface area contributed by atoms with E-state index in [0.717, 1.165) is 0 Å². The van der Waals surface area contributed by atoms with Gasteiger partial charge in [-0.25, -0.2) is 8.78 Å². The van der Waals surface area contributed by atoms with Gasteiger partial charge in [-0.15, -0.1) is 0 Å². The molecule has 0 amide bonds. The van der Waals surface area contributed by atoms with Gasteiger partial charge in [0.2, 0.25) is 0 Å². The predicted octanol–water partition coefficient (Wildman–Crippen LogP) is 3.16. The lowest BCUT2D eigenvalue weighted by atomic mass is 9.99. The normalized spacial score (nSPS) is 30.3. The minimum Gasteiger partial charge on any atom is -0.376 e. The van der Waals surface area contributed by atoms with Gasteiger partial charge in [-0.3, -0.25) is 4.90 Å². The summed E-state index contributed by atoms with van der Waals surface area (Å²) in [7, 11) is 0. The molecule has 0 aromatic rings. The number of hydrogen-bond acceptors (Lipinski definition) is 4. The molecule has 2 heterocycles. The van der Waals surface area contributed by atoms with Gasteiger partial charge in [-0.2, -0.15) is 39.5 Å². The number of alkyl halides is 11. The van der Waals surface area contributed by atoms with Crippen molar-refractivity contribution in [2.75, 3.05) is 32.9 Å². The predicted molar refractivity (Wildman–Crippen MR) is 67.7 cm³/mol. The highest BCUT2D eigenvalue weighted by atomic mass is 19.4. The molecule has 0 bridgehead atoms. The Hall–Kier alpha value is -0.930. The van der Waals surface area contributed by atoms with E-state index in [2.05, 4.69) is 14.2 Å². The number of halogens is 11. The summed E-state index contributed by atoms with van der Waals surface area (Å²) in [6.45, 7) is -5.43. The molecule has 166 valence electrons. The summed E-state index contributed by atoms with van der Waals surface area (Å²) in [5, 5.41) is 0. The first kappa shape index (κ1) is 23.3. The quantitative estimate of drug-likeness (QED) is 0.630. The zero-order valence-electron chi connectivity index (χ0n) is 13.7. The van der Waals surface area contributed by atoms with E-state index in [1.165, 1.54) is 0 Å². The van der Waals surface area contributed by atoms with Crippen molar-refractivity contribution in [3.8, 4) is 0 Å². The minimum absolute atomic E-state index is 0.201. The van der Waals surface area contributed by atoms with Crippen molar-refractivity contribution in [1.29, 1.82) is 0 Å². The maximum Gasteiger partial charge on any atom is 0.415 e. The average Bonchev–Trinajstić information content (AvgIpc) is 2.52. The molecule has 0 spiro atoms. The van der Waals surface area contributed by atoms with Crippen molar-refractivity contribution in [3.05, 3.63) is 0 Å². The maximum atomic E-state index is 14.5. The molecule has 4 nitrogen and oxygen atoms in total. The largest absolute Gasteiger partial charge is 0.415 e. The van der Waals surface area contributed by atoms with Crippen LogP contribution in [0.3, 0.4) is 0 Å². The van der Waals surface area contributed by atoms with Crippen LogP contribution in [0.5, 0.6) is 0 Å². The molecule has 0 N–H and O–H groups in total. The molecule has 4 atom stereocenters. The fraction of sp³-hybridized carbons (Fsp3) is 1.00. The highest BCUT2D eigenvalue weighted by Gasteiger charge is 2.65. The Morgan fingerprint density at radius 2 is 1.21 bits per heavy atom. The molecular weight excluding hydrogens is 427 g/mol. The fourth-order valence-corrected chi connectivity index (χ4v) is 2.91. The average molecular weight is 441 g/mol. The van der Waals surface area contributed by atoms with E-state index in [-0.39, 0.29) is 6.61 Å². The summed E-state index contributed by atoms with van der Waals surface area (Å²) >= 11 is 0. The molecule has 0 aromatic carbocycles. The third kappa shape index (κ3) is 5.16. The Kier molecular flexibility index (Phi) is 6.44. The number of nitrogens with zero attached hydrogens (tertiary/aromatic N) is 1. The van der Waals surface area contributed by atoms with Crippen molar-refractivity contribution in [2.24, 2.45) is 0 Å². The summed E-state index contributed by atoms with van der Waals surface area (Å²) in [6, 6.07) is -3.97. The van der Waals surface area contributed by atoms with Gasteiger partial charge in [0.05, 0.1) is 19.8 Å². The minimum atomic E-state index is -5.87. The van der Waals surface area contributed by atoms with Gasteiger partial charge in [0.25, 0.3) is 5.92 Å². The molecule has 2 aliphatic heterocycles. The van der Waals surface area contributed by atoms with Crippen LogP contribution in [0.2, 0.25) is 0 Å². The van der Waals surface area contributed by atoms with Crippen LogP contribution in [0, 0.1) is 0 Å². The van der Waals surface area contributed by atoms with Crippen molar-refractivity contribution in [3.63, 3.8) is 0 Å². The lowest BCUT2D eigenvalue weighted by Gasteiger charge is -2.46. The second-order valence-electron chi connectivity index (χ2n) is 6.20. The van der Waals surface area contributed by atoms with Crippen molar-refractivity contribution >= 4 is 0 Å². The molecule has 0 aromatic heterocycles. The number of hydrogen-bond donors (Lipinski definition) is 0. The van der Waals surface area contributed by atoms with Crippen LogP contribution in [-0.4, -0.2) is 86.6 Å². The Morgan fingerprint density at radius 3 is 1.57 bits per heavy atom. The molecule has 2 saturated heterocycles. The van der Waals surface area contributed by atoms with Gasteiger partial charge >= 0.3 is 18.5 Å². The fourth-order valence-electron chi connectivity index (χ4n) is 2.91. The van der Waals surface area contributed by atoms with E-state index in [1.54, 1.807) is 0 Å². The molecule has 0 saturated carbocycles. The van der Waals surface area contributed by atoms with Gasteiger partial charge in [-0.05, 0) is 0 Å². The van der Waals surface area contributed by atoms with Crippen molar-refractivity contribution in [1.82, 2.24) is 4.90 Å². The third-order valence-corrected chi connectivity index (χ3v) is 4.14. The van der Waals surface area contributed by atoms with Crippen molar-refractivity contribution in [2.45, 2.75) is 48.8 Å². The molecule has 0 radical (unpaired) electrons. The van der Waals surface area contributed by atoms with E-state index in [0.29, 0.717) is 0 Å². The molecule has 2 aliphatic rings. The van der Waals surface area contributed by atoms with Crippen LogP contribution in [0.1, 0.15) is 0 Å². The topological polar surface area (TPSA) is 30.9 Å². The van der Waals surface area contributed by atoms with Crippen LogP contribution in [0.15, 0.2) is 0 Å². The van der Waals surface area contributed by atoms with Crippen LogP contribution in [-0.2, 0) is 14.2 Å². The molecule has 2 rings (SSSR count). The van der Waals surface area contributed by atoms with Gasteiger partial charge in [0.1, 0.15) is 6.10 Å². The maximum absolute atomic E-state index is 14.5. The van der Waals surface area contributed by atoms with Crippen molar-refractivity contribution < 1.29 is 62.5 Å². The second kappa shape index (κ2) is 7.72. The summed E-state index contributed by atoms with van der Waals surface area (Å²) in [5.74, 6) is -4.89. The number of ether oxygens (including phenoxy) is 3. The molecule has 4 unspecified atom stereocenters. The molecule has 2 fully saturated rings. The second-order valence-corrected chi connectivity index (χ2v) is 6.20. The highest BCUT2D eigenvalue weighted by molar-refractivity contribution is 5.00. The summed E-state index contributed by atoms with van der Waals surface area (Å²) in [6.07, 6.45) is -26.0. The Morgan fingerprint density at radius 1 is 0.714 bits per heavy atom. The molecule has 28 heavy (non-hydrogen) atoms. The first-order valence-corrected chi connectivity index (χ1v) is 7.71. The third-order valence-electron chi connectivity index (χ3n) is 4.14. The smallest absolute Gasteiger partial charge is 0.376 e. The lowest BCUT2D eigenvalue weighted by Crippen LogP contribution is -2.68. The lowest BCUT2D eigenvalue weighted by molar-refractivity contribution is -0.337. The van der Waals surface area contributed by atoms with Gasteiger partial charge in [0, 0.05) is 13.1 Å². The molecule has 15 heteroatoms. The van der Waals surface area contributed by atoms with Gasteiger partial charge in [-0.1, -0.05) is 0 Å². The summed E-state index contributed by atoms with van der Waals surface area (Å²) in [4.78, 5) is -0.599. The zero-order valence-corrected chi connectivity index (χ0v) is 13.7. The number of morpholine rings is 1. The Balaban J connectivity index is 2.40. The van der Waals surface area contributed by atoms with Gasteiger partial charge in [0.15, 0.2) is 18.2 Å². The Bertz CT molecular complexity index is 505. The monoisotopic (exact) mass is 441 g/mol. The van der Waals surface area contributed by atoms with E-state index in [9.17, 15) is 48.3 Å². The first-order valence-electron chi connectivity index (χ1n) is 7.71. The Labute approximate surface area is 150 Å². The highest BCUT2D eigenvalue weighted by Crippen LogP contribution is 2.43. The standard InChI is InChI=1S/C13H14F11NO3/c14-10(15,8-5-26-1-2-27-8)9(13(22,23)24)25-3-6(11(16,17)18)28-7(4-25)12(19,20)21/h6-9H,1-5H2. The van der Waals surface area contributed by atoms with Crippen LogP contribution in [0.25, 0.3) is 0 Å². The van der Waals surface area contributed by atoms with Crippen LogP contribution in [0.4, 0.5) is 48.3 Å².